The molecule has 4 rings (SSSR count). The fraction of sp³-hybridized carbons (Fsp3) is 0.440. The fourth-order valence-corrected chi connectivity index (χ4v) is 4.51. The second kappa shape index (κ2) is 10.3. The Morgan fingerprint density at radius 1 is 1.03 bits per heavy atom. The summed E-state index contributed by atoms with van der Waals surface area (Å²) in [5.74, 6) is 0.509. The third kappa shape index (κ3) is 5.40. The molecule has 0 spiro atoms. The maximum absolute atomic E-state index is 13.3. The van der Waals surface area contributed by atoms with E-state index in [2.05, 4.69) is 41.2 Å². The van der Waals surface area contributed by atoms with Gasteiger partial charge in [-0.15, -0.1) is 12.4 Å². The topological polar surface area (TPSA) is 19.0 Å². The highest BCUT2D eigenvalue weighted by molar-refractivity contribution is 5.85. The quantitative estimate of drug-likeness (QED) is 0.467. The first-order valence-electron chi connectivity index (χ1n) is 10.8. The second-order valence-corrected chi connectivity index (χ2v) is 8.22. The number of rotatable bonds is 7. The van der Waals surface area contributed by atoms with Crippen molar-refractivity contribution in [3.8, 4) is 0 Å². The number of likely N-dealkylation sites (tertiary alicyclic amines) is 1. The number of hydrogen-bond donors (Lipinski definition) is 1. The average molecular weight is 415 g/mol. The van der Waals surface area contributed by atoms with Crippen LogP contribution in [0.5, 0.6) is 0 Å². The predicted octanol–water partition coefficient (Wildman–Crippen LogP) is 6.49. The highest BCUT2D eigenvalue weighted by Gasteiger charge is 2.22. The lowest BCUT2D eigenvalue weighted by Gasteiger charge is -2.32. The molecule has 0 unspecified atom stereocenters. The molecule has 2 aromatic carbocycles. The molecule has 0 atom stereocenters. The Balaban J connectivity index is 0.00000240. The van der Waals surface area contributed by atoms with Crippen molar-refractivity contribution in [3.63, 3.8) is 0 Å². The van der Waals surface area contributed by atoms with Crippen molar-refractivity contribution in [1.29, 1.82) is 0 Å². The van der Waals surface area contributed by atoms with Crippen molar-refractivity contribution >= 4 is 23.3 Å². The van der Waals surface area contributed by atoms with E-state index >= 15 is 0 Å². The maximum Gasteiger partial charge on any atom is 0.123 e. The summed E-state index contributed by atoms with van der Waals surface area (Å²) in [7, 11) is 0. The van der Waals surface area contributed by atoms with Crippen LogP contribution in [-0.4, -0.2) is 29.5 Å². The van der Waals surface area contributed by atoms with Crippen molar-refractivity contribution in [2.45, 2.75) is 51.4 Å². The lowest BCUT2D eigenvalue weighted by Crippen LogP contribution is -2.34. The third-order valence-corrected chi connectivity index (χ3v) is 6.23. The van der Waals surface area contributed by atoms with Gasteiger partial charge < -0.3 is 9.88 Å². The Hall–Kier alpha value is -1.84. The maximum atomic E-state index is 13.3. The third-order valence-electron chi connectivity index (χ3n) is 6.23. The van der Waals surface area contributed by atoms with Crippen LogP contribution >= 0.6 is 12.4 Å². The van der Waals surface area contributed by atoms with Gasteiger partial charge in [-0.05, 0) is 92.1 Å². The van der Waals surface area contributed by atoms with Crippen molar-refractivity contribution in [2.75, 3.05) is 19.6 Å². The van der Waals surface area contributed by atoms with E-state index in [1.54, 1.807) is 6.07 Å². The second-order valence-electron chi connectivity index (χ2n) is 8.22. The summed E-state index contributed by atoms with van der Waals surface area (Å²) in [5, 5.41) is 1.42. The first-order chi connectivity index (χ1) is 13.7. The molecule has 2 nitrogen and oxygen atoms in total. The normalized spacial score (nSPS) is 15.5. The van der Waals surface area contributed by atoms with Gasteiger partial charge in [-0.1, -0.05) is 31.5 Å². The Morgan fingerprint density at radius 3 is 2.59 bits per heavy atom. The van der Waals surface area contributed by atoms with E-state index in [1.807, 2.05) is 12.1 Å². The van der Waals surface area contributed by atoms with Crippen molar-refractivity contribution in [2.24, 2.45) is 0 Å². The van der Waals surface area contributed by atoms with E-state index in [4.69, 9.17) is 0 Å². The molecule has 0 aliphatic carbocycles. The molecule has 4 heteroatoms. The van der Waals surface area contributed by atoms with Crippen molar-refractivity contribution in [1.82, 2.24) is 9.88 Å². The summed E-state index contributed by atoms with van der Waals surface area (Å²) in [6, 6.07) is 13.9. The highest BCUT2D eigenvalue weighted by atomic mass is 35.5. The Labute approximate surface area is 179 Å². The van der Waals surface area contributed by atoms with Gasteiger partial charge in [0, 0.05) is 23.6 Å². The lowest BCUT2D eigenvalue weighted by atomic mass is 9.88. The lowest BCUT2D eigenvalue weighted by molar-refractivity contribution is 0.215. The number of fused-ring (bicyclic) bond motifs is 1. The zero-order valence-corrected chi connectivity index (χ0v) is 18.1. The molecule has 3 aromatic rings. The van der Waals surface area contributed by atoms with Crippen LogP contribution in [0.25, 0.3) is 10.9 Å². The van der Waals surface area contributed by atoms with Crippen LogP contribution in [0.2, 0.25) is 0 Å². The minimum absolute atomic E-state index is 0. The van der Waals surface area contributed by atoms with E-state index in [9.17, 15) is 4.39 Å². The standard InChI is InChI=1S/C25H31FN2.ClH/c1-2-3-5-19-8-9-25-23(17-19)24(18-27-25)21-11-14-28(15-12-21)13-10-20-6-4-7-22(26)16-20;/h4,6-9,16-18,21,27H,2-3,5,10-15H2,1H3;1H. The van der Waals surface area contributed by atoms with Gasteiger partial charge in [0.05, 0.1) is 0 Å². The summed E-state index contributed by atoms with van der Waals surface area (Å²) in [5.41, 5.74) is 5.32. The number of aryl methyl sites for hydroxylation is 1. The van der Waals surface area contributed by atoms with Crippen LogP contribution in [0.3, 0.4) is 0 Å². The average Bonchev–Trinajstić information content (AvgIpc) is 3.14. The molecule has 1 N–H and O–H groups in total. The van der Waals surface area contributed by atoms with Gasteiger partial charge in [0.15, 0.2) is 0 Å². The Morgan fingerprint density at radius 2 is 1.83 bits per heavy atom. The Kier molecular flexibility index (Phi) is 7.74. The van der Waals surface area contributed by atoms with E-state index in [0.29, 0.717) is 5.92 Å². The molecule has 0 radical (unpaired) electrons. The van der Waals surface area contributed by atoms with Gasteiger partial charge in [0.1, 0.15) is 5.82 Å². The molecule has 0 amide bonds. The smallest absolute Gasteiger partial charge is 0.123 e. The molecular formula is C25H32ClFN2. The fourth-order valence-electron chi connectivity index (χ4n) is 4.51. The highest BCUT2D eigenvalue weighted by Crippen LogP contribution is 2.33. The number of benzene rings is 2. The molecular weight excluding hydrogens is 383 g/mol. The number of aromatic nitrogens is 1. The summed E-state index contributed by atoms with van der Waals surface area (Å²) in [6.45, 7) is 5.53. The van der Waals surface area contributed by atoms with Gasteiger partial charge in [0.25, 0.3) is 0 Å². The number of H-pyrrole nitrogens is 1. The van der Waals surface area contributed by atoms with Crippen LogP contribution in [0.15, 0.2) is 48.7 Å². The number of unbranched alkanes of at least 4 members (excludes halogenated alkanes) is 1. The first-order valence-corrected chi connectivity index (χ1v) is 10.8. The first kappa shape index (κ1) is 21.9. The van der Waals surface area contributed by atoms with E-state index < -0.39 is 0 Å². The summed E-state index contributed by atoms with van der Waals surface area (Å²) < 4.78 is 13.3. The van der Waals surface area contributed by atoms with E-state index in [-0.39, 0.29) is 18.2 Å². The SMILES string of the molecule is CCCCc1ccc2[nH]cc(C3CCN(CCc4cccc(F)c4)CC3)c2c1.Cl. The summed E-state index contributed by atoms with van der Waals surface area (Å²) >= 11 is 0. The molecule has 0 saturated carbocycles. The summed E-state index contributed by atoms with van der Waals surface area (Å²) in [6.07, 6.45) is 9.25. The van der Waals surface area contributed by atoms with Crippen molar-refractivity contribution < 1.29 is 4.39 Å². The predicted molar refractivity (Wildman–Crippen MR) is 123 cm³/mol. The zero-order chi connectivity index (χ0) is 19.3. The van der Waals surface area contributed by atoms with Crippen molar-refractivity contribution in [3.05, 3.63) is 71.2 Å². The minimum atomic E-state index is -0.131. The molecule has 2 heterocycles. The number of piperidine rings is 1. The molecule has 0 bridgehead atoms. The van der Waals surface area contributed by atoms with Crippen LogP contribution < -0.4 is 0 Å². The largest absolute Gasteiger partial charge is 0.361 e. The number of aromatic amines is 1. The minimum Gasteiger partial charge on any atom is -0.361 e. The number of hydrogen-bond acceptors (Lipinski definition) is 1. The summed E-state index contributed by atoms with van der Waals surface area (Å²) in [4.78, 5) is 6.01. The molecule has 1 aliphatic heterocycles. The van der Waals surface area contributed by atoms with Crippen LogP contribution in [-0.2, 0) is 12.8 Å². The zero-order valence-electron chi connectivity index (χ0n) is 17.3. The van der Waals surface area contributed by atoms with Gasteiger partial charge in [-0.3, -0.25) is 0 Å². The van der Waals surface area contributed by atoms with Crippen LogP contribution in [0.4, 0.5) is 4.39 Å². The molecule has 1 aromatic heterocycles. The van der Waals surface area contributed by atoms with Gasteiger partial charge in [-0.25, -0.2) is 4.39 Å². The molecule has 1 fully saturated rings. The van der Waals surface area contributed by atoms with E-state index in [0.717, 1.165) is 31.6 Å². The van der Waals surface area contributed by atoms with Gasteiger partial charge in [-0.2, -0.15) is 0 Å². The monoisotopic (exact) mass is 414 g/mol. The molecule has 1 saturated heterocycles. The molecule has 29 heavy (non-hydrogen) atoms. The van der Waals surface area contributed by atoms with E-state index in [1.165, 1.54) is 60.2 Å². The van der Waals surface area contributed by atoms with Crippen LogP contribution in [0, 0.1) is 5.82 Å². The Bertz CT molecular complexity index is 912. The number of nitrogens with zero attached hydrogens (tertiary/aromatic N) is 1. The number of halogens is 2. The van der Waals surface area contributed by atoms with Gasteiger partial charge in [0.2, 0.25) is 0 Å². The number of nitrogens with one attached hydrogen (secondary N) is 1. The van der Waals surface area contributed by atoms with Crippen LogP contribution in [0.1, 0.15) is 55.2 Å². The van der Waals surface area contributed by atoms with Gasteiger partial charge >= 0.3 is 0 Å². The molecule has 1 aliphatic rings. The molecule has 156 valence electrons.